The van der Waals surface area contributed by atoms with Gasteiger partial charge in [-0.25, -0.2) is 13.4 Å². The number of thiocarbonyl (C=S) groups is 1. The lowest BCUT2D eigenvalue weighted by atomic mass is 10.2. The molecule has 0 aromatic carbocycles. The van der Waals surface area contributed by atoms with Gasteiger partial charge in [0.15, 0.2) is 14.9 Å². The molecule has 18 heavy (non-hydrogen) atoms. The Hall–Kier alpha value is -0.920. The molecule has 2 N–H and O–H groups in total. The van der Waals surface area contributed by atoms with Crippen LogP contribution in [0.15, 0.2) is 24.4 Å². The van der Waals surface area contributed by atoms with E-state index in [0.29, 0.717) is 10.9 Å². The largest absolute Gasteiger partial charge is 0.357 e. The molecule has 0 saturated carbocycles. The first kappa shape index (κ1) is 13.5. The van der Waals surface area contributed by atoms with Gasteiger partial charge in [-0.3, -0.25) is 0 Å². The van der Waals surface area contributed by atoms with Crippen LogP contribution in [0.25, 0.3) is 0 Å². The summed E-state index contributed by atoms with van der Waals surface area (Å²) in [6.07, 6.45) is 1.63. The van der Waals surface area contributed by atoms with Crippen molar-refractivity contribution in [2.45, 2.75) is 11.4 Å². The number of rotatable bonds is 2. The van der Waals surface area contributed by atoms with Gasteiger partial charge in [-0.1, -0.05) is 6.07 Å². The molecule has 8 heteroatoms. The van der Waals surface area contributed by atoms with Crippen LogP contribution in [-0.4, -0.2) is 41.4 Å². The van der Waals surface area contributed by atoms with E-state index in [1.807, 2.05) is 6.07 Å². The molecule has 98 valence electrons. The second kappa shape index (κ2) is 5.38. The second-order valence-corrected chi connectivity index (χ2v) is 7.14. The maximum atomic E-state index is 11.4. The van der Waals surface area contributed by atoms with Crippen molar-refractivity contribution in [1.29, 1.82) is 0 Å². The van der Waals surface area contributed by atoms with Crippen LogP contribution in [0.5, 0.6) is 0 Å². The lowest BCUT2D eigenvalue weighted by Crippen LogP contribution is -2.42. The molecule has 0 spiro atoms. The summed E-state index contributed by atoms with van der Waals surface area (Å²) in [4.78, 5) is 4.05. The zero-order chi connectivity index (χ0) is 13.2. The summed E-state index contributed by atoms with van der Waals surface area (Å²) in [5.41, 5.74) is 0. The van der Waals surface area contributed by atoms with Crippen LogP contribution in [0.1, 0.15) is 0 Å². The Morgan fingerprint density at radius 1 is 1.44 bits per heavy atom. The molecule has 5 nitrogen and oxygen atoms in total. The number of halogens is 1. The van der Waals surface area contributed by atoms with E-state index in [9.17, 15) is 8.42 Å². The third kappa shape index (κ3) is 3.54. The number of hydrogen-bond acceptors (Lipinski definition) is 4. The monoisotopic (exact) mass is 305 g/mol. The van der Waals surface area contributed by atoms with E-state index in [-0.39, 0.29) is 17.5 Å². The van der Waals surface area contributed by atoms with Crippen molar-refractivity contribution in [2.24, 2.45) is 0 Å². The van der Waals surface area contributed by atoms with Crippen molar-refractivity contribution in [3.05, 3.63) is 24.4 Å². The highest BCUT2D eigenvalue weighted by atomic mass is 35.5. The molecule has 1 aliphatic heterocycles. The molecule has 1 fully saturated rings. The van der Waals surface area contributed by atoms with Gasteiger partial charge in [0.25, 0.3) is 0 Å². The standard InChI is InChI=1S/C10H12ClN3O2S2/c11-7-5-18(15,16)6-8(7)13-10(17)14-9-3-1-2-4-12-9/h1-4,7-8H,5-6H2,(H2,12,13,14,17). The fourth-order valence-corrected chi connectivity index (χ4v) is 4.50. The van der Waals surface area contributed by atoms with Gasteiger partial charge in [0, 0.05) is 6.20 Å². The highest BCUT2D eigenvalue weighted by molar-refractivity contribution is 7.91. The van der Waals surface area contributed by atoms with E-state index in [1.54, 1.807) is 18.3 Å². The maximum Gasteiger partial charge on any atom is 0.172 e. The van der Waals surface area contributed by atoms with Gasteiger partial charge >= 0.3 is 0 Å². The predicted octanol–water partition coefficient (Wildman–Crippen LogP) is 0.772. The Morgan fingerprint density at radius 3 is 2.78 bits per heavy atom. The molecular formula is C10H12ClN3O2S2. The first-order valence-corrected chi connectivity index (χ1v) is 7.96. The third-order valence-corrected chi connectivity index (χ3v) is 5.10. The number of hydrogen-bond donors (Lipinski definition) is 2. The molecule has 2 heterocycles. The minimum atomic E-state index is -3.06. The van der Waals surface area contributed by atoms with Crippen molar-refractivity contribution in [3.63, 3.8) is 0 Å². The normalized spacial score (nSPS) is 25.6. The van der Waals surface area contributed by atoms with Crippen molar-refractivity contribution < 1.29 is 8.42 Å². The Balaban J connectivity index is 1.93. The highest BCUT2D eigenvalue weighted by Gasteiger charge is 2.36. The van der Waals surface area contributed by atoms with E-state index >= 15 is 0 Å². The highest BCUT2D eigenvalue weighted by Crippen LogP contribution is 2.18. The average Bonchev–Trinajstić information content (AvgIpc) is 2.53. The summed E-state index contributed by atoms with van der Waals surface area (Å²) >= 11 is 11.0. The Kier molecular flexibility index (Phi) is 4.04. The lowest BCUT2D eigenvalue weighted by molar-refractivity contribution is 0.600. The first-order chi connectivity index (χ1) is 8.46. The van der Waals surface area contributed by atoms with Crippen LogP contribution < -0.4 is 10.6 Å². The minimum Gasteiger partial charge on any atom is -0.357 e. The van der Waals surface area contributed by atoms with Crippen molar-refractivity contribution in [1.82, 2.24) is 10.3 Å². The molecular weight excluding hydrogens is 294 g/mol. The van der Waals surface area contributed by atoms with E-state index < -0.39 is 15.2 Å². The molecule has 1 aliphatic rings. The Morgan fingerprint density at radius 2 is 2.22 bits per heavy atom. The quantitative estimate of drug-likeness (QED) is 0.621. The number of nitrogens with one attached hydrogen (secondary N) is 2. The molecule has 0 aliphatic carbocycles. The molecule has 0 radical (unpaired) electrons. The summed E-state index contributed by atoms with van der Waals surface area (Å²) in [5.74, 6) is 0.589. The molecule has 2 atom stereocenters. The number of alkyl halides is 1. The van der Waals surface area contributed by atoms with Crippen molar-refractivity contribution in [3.8, 4) is 0 Å². The van der Waals surface area contributed by atoms with Crippen LogP contribution in [0, 0.1) is 0 Å². The number of pyridine rings is 1. The van der Waals surface area contributed by atoms with E-state index in [4.69, 9.17) is 23.8 Å². The smallest absolute Gasteiger partial charge is 0.172 e. The van der Waals surface area contributed by atoms with Gasteiger partial charge in [0.1, 0.15) is 5.82 Å². The van der Waals surface area contributed by atoms with Crippen LogP contribution in [0.3, 0.4) is 0 Å². The summed E-state index contributed by atoms with van der Waals surface area (Å²) < 4.78 is 22.8. The Bertz CT molecular complexity index is 535. The number of aromatic nitrogens is 1. The van der Waals surface area contributed by atoms with Crippen LogP contribution >= 0.6 is 23.8 Å². The SMILES string of the molecule is O=S1(=O)CC(Cl)C(NC(=S)Nc2ccccn2)C1. The van der Waals surface area contributed by atoms with Crippen LogP contribution in [0.2, 0.25) is 0 Å². The predicted molar refractivity (Wildman–Crippen MR) is 75.7 cm³/mol. The topological polar surface area (TPSA) is 71.1 Å². The van der Waals surface area contributed by atoms with Crippen LogP contribution in [-0.2, 0) is 9.84 Å². The number of anilines is 1. The summed E-state index contributed by atoms with van der Waals surface area (Å²) in [6.45, 7) is 0. The molecule has 0 bridgehead atoms. The minimum absolute atomic E-state index is 0.00516. The van der Waals surface area contributed by atoms with Crippen molar-refractivity contribution in [2.75, 3.05) is 16.8 Å². The lowest BCUT2D eigenvalue weighted by Gasteiger charge is -2.16. The molecule has 2 rings (SSSR count). The number of sulfone groups is 1. The first-order valence-electron chi connectivity index (χ1n) is 5.29. The van der Waals surface area contributed by atoms with E-state index in [2.05, 4.69) is 15.6 Å². The van der Waals surface area contributed by atoms with E-state index in [1.165, 1.54) is 0 Å². The summed E-state index contributed by atoms with van der Waals surface area (Å²) in [6, 6.07) is 5.01. The summed E-state index contributed by atoms with van der Waals surface area (Å²) in [7, 11) is -3.06. The zero-order valence-corrected chi connectivity index (χ0v) is 11.7. The van der Waals surface area contributed by atoms with E-state index in [0.717, 1.165) is 0 Å². The number of nitrogens with zero attached hydrogens (tertiary/aromatic N) is 1. The molecule has 2 unspecified atom stereocenters. The fraction of sp³-hybridized carbons (Fsp3) is 0.400. The second-order valence-electron chi connectivity index (χ2n) is 4.01. The van der Waals surface area contributed by atoms with Crippen molar-refractivity contribution >= 4 is 44.6 Å². The van der Waals surface area contributed by atoms with Gasteiger partial charge in [-0.05, 0) is 24.4 Å². The van der Waals surface area contributed by atoms with Gasteiger partial charge in [0.2, 0.25) is 0 Å². The van der Waals surface area contributed by atoms with Gasteiger partial charge < -0.3 is 10.6 Å². The van der Waals surface area contributed by atoms with Gasteiger partial charge in [0.05, 0.1) is 22.9 Å². The van der Waals surface area contributed by atoms with Crippen LogP contribution in [0.4, 0.5) is 5.82 Å². The van der Waals surface area contributed by atoms with Gasteiger partial charge in [-0.2, -0.15) is 0 Å². The zero-order valence-electron chi connectivity index (χ0n) is 9.34. The molecule has 1 aromatic heterocycles. The average molecular weight is 306 g/mol. The fourth-order valence-electron chi connectivity index (χ4n) is 1.69. The maximum absolute atomic E-state index is 11.4. The molecule has 1 saturated heterocycles. The van der Waals surface area contributed by atoms with Gasteiger partial charge in [-0.15, -0.1) is 11.6 Å². The molecule has 0 amide bonds. The third-order valence-electron chi connectivity index (χ3n) is 2.51. The molecule has 1 aromatic rings. The Labute approximate surface area is 116 Å². The summed E-state index contributed by atoms with van der Waals surface area (Å²) in [5, 5.41) is 5.64.